The standard InChI is InChI=1S/C15H19ClN2O2/c1-10-7-8-17-15(20)14(10)18-13(19)6-5-11-3-2-4-12(16)9-11/h2-4,9-10,14H,5-8H2,1H3,(H,17,20)(H,18,19)/t10-,14-/m0/s1. The molecule has 20 heavy (non-hydrogen) atoms. The molecule has 1 aromatic carbocycles. The molecule has 1 aromatic rings. The zero-order valence-corrected chi connectivity index (χ0v) is 12.2. The van der Waals surface area contributed by atoms with E-state index in [2.05, 4.69) is 10.6 Å². The summed E-state index contributed by atoms with van der Waals surface area (Å²) in [4.78, 5) is 23.7. The summed E-state index contributed by atoms with van der Waals surface area (Å²) < 4.78 is 0. The largest absolute Gasteiger partial charge is 0.354 e. The van der Waals surface area contributed by atoms with Gasteiger partial charge in [-0.2, -0.15) is 0 Å². The zero-order valence-electron chi connectivity index (χ0n) is 11.5. The maximum atomic E-state index is 11.9. The van der Waals surface area contributed by atoms with Gasteiger partial charge in [0, 0.05) is 18.0 Å². The SMILES string of the molecule is C[C@H]1CCNC(=O)[C@H]1NC(=O)CCc1cccc(Cl)c1. The van der Waals surface area contributed by atoms with Gasteiger partial charge in [0.05, 0.1) is 0 Å². The summed E-state index contributed by atoms with van der Waals surface area (Å²) in [5, 5.41) is 6.27. The minimum Gasteiger partial charge on any atom is -0.354 e. The maximum Gasteiger partial charge on any atom is 0.242 e. The Kier molecular flexibility index (Phi) is 5.01. The van der Waals surface area contributed by atoms with E-state index in [0.29, 0.717) is 24.4 Å². The Bertz CT molecular complexity index is 504. The normalized spacial score (nSPS) is 22.2. The second kappa shape index (κ2) is 6.75. The predicted molar refractivity (Wildman–Crippen MR) is 78.5 cm³/mol. The highest BCUT2D eigenvalue weighted by Crippen LogP contribution is 2.14. The Balaban J connectivity index is 1.84. The van der Waals surface area contributed by atoms with Gasteiger partial charge in [0.25, 0.3) is 0 Å². The van der Waals surface area contributed by atoms with Gasteiger partial charge in [-0.25, -0.2) is 0 Å². The highest BCUT2D eigenvalue weighted by atomic mass is 35.5. The third-order valence-electron chi connectivity index (χ3n) is 3.60. The van der Waals surface area contributed by atoms with E-state index in [1.165, 1.54) is 0 Å². The minimum absolute atomic E-state index is 0.0835. The van der Waals surface area contributed by atoms with Crippen molar-refractivity contribution >= 4 is 23.4 Å². The number of amides is 2. The fourth-order valence-corrected chi connectivity index (χ4v) is 2.57. The number of hydrogen-bond acceptors (Lipinski definition) is 2. The summed E-state index contributed by atoms with van der Waals surface area (Å²) in [6, 6.07) is 7.06. The first-order valence-electron chi connectivity index (χ1n) is 6.88. The van der Waals surface area contributed by atoms with E-state index < -0.39 is 6.04 Å². The van der Waals surface area contributed by atoms with Gasteiger partial charge in [-0.15, -0.1) is 0 Å². The number of carbonyl (C=O) groups excluding carboxylic acids is 2. The zero-order chi connectivity index (χ0) is 14.5. The van der Waals surface area contributed by atoms with Crippen molar-refractivity contribution in [2.75, 3.05) is 6.54 Å². The van der Waals surface area contributed by atoms with Crippen LogP contribution < -0.4 is 10.6 Å². The van der Waals surface area contributed by atoms with Gasteiger partial charge in [-0.05, 0) is 36.5 Å². The van der Waals surface area contributed by atoms with E-state index in [-0.39, 0.29) is 17.7 Å². The van der Waals surface area contributed by atoms with Gasteiger partial charge >= 0.3 is 0 Å². The van der Waals surface area contributed by atoms with Crippen LogP contribution in [0.5, 0.6) is 0 Å². The van der Waals surface area contributed by atoms with Crippen molar-refractivity contribution in [1.29, 1.82) is 0 Å². The molecule has 2 N–H and O–H groups in total. The van der Waals surface area contributed by atoms with Crippen molar-refractivity contribution in [3.8, 4) is 0 Å². The third kappa shape index (κ3) is 3.97. The number of nitrogens with one attached hydrogen (secondary N) is 2. The topological polar surface area (TPSA) is 58.2 Å². The van der Waals surface area contributed by atoms with Gasteiger partial charge in [0.15, 0.2) is 0 Å². The lowest BCUT2D eigenvalue weighted by molar-refractivity contribution is -0.131. The molecule has 5 heteroatoms. The predicted octanol–water partition coefficient (Wildman–Crippen LogP) is 1.91. The van der Waals surface area contributed by atoms with E-state index in [1.807, 2.05) is 25.1 Å². The van der Waals surface area contributed by atoms with Crippen molar-refractivity contribution in [3.63, 3.8) is 0 Å². The van der Waals surface area contributed by atoms with Gasteiger partial charge in [-0.3, -0.25) is 9.59 Å². The highest BCUT2D eigenvalue weighted by molar-refractivity contribution is 6.30. The molecule has 1 heterocycles. The lowest BCUT2D eigenvalue weighted by atomic mass is 9.94. The van der Waals surface area contributed by atoms with Crippen molar-refractivity contribution < 1.29 is 9.59 Å². The molecule has 1 saturated heterocycles. The Morgan fingerprint density at radius 3 is 3.00 bits per heavy atom. The summed E-state index contributed by atoms with van der Waals surface area (Å²) in [7, 11) is 0. The molecule has 0 aromatic heterocycles. The molecular formula is C15H19ClN2O2. The maximum absolute atomic E-state index is 11.9. The first-order chi connectivity index (χ1) is 9.56. The van der Waals surface area contributed by atoms with Crippen LogP contribution in [0, 0.1) is 5.92 Å². The second-order valence-corrected chi connectivity index (χ2v) is 5.67. The molecule has 0 radical (unpaired) electrons. The average molecular weight is 295 g/mol. The quantitative estimate of drug-likeness (QED) is 0.891. The lowest BCUT2D eigenvalue weighted by Gasteiger charge is -2.29. The van der Waals surface area contributed by atoms with E-state index in [1.54, 1.807) is 6.07 Å². The smallest absolute Gasteiger partial charge is 0.242 e. The number of benzene rings is 1. The summed E-state index contributed by atoms with van der Waals surface area (Å²) in [6.07, 6.45) is 1.87. The van der Waals surface area contributed by atoms with E-state index in [9.17, 15) is 9.59 Å². The van der Waals surface area contributed by atoms with Crippen molar-refractivity contribution in [3.05, 3.63) is 34.9 Å². The van der Waals surface area contributed by atoms with Crippen molar-refractivity contribution in [2.45, 2.75) is 32.2 Å². The Labute approximate surface area is 123 Å². The number of carbonyl (C=O) groups is 2. The molecule has 0 saturated carbocycles. The monoisotopic (exact) mass is 294 g/mol. The number of halogens is 1. The number of hydrogen-bond donors (Lipinski definition) is 2. The lowest BCUT2D eigenvalue weighted by Crippen LogP contribution is -2.54. The summed E-state index contributed by atoms with van der Waals surface area (Å²) >= 11 is 5.90. The van der Waals surface area contributed by atoms with Crippen LogP contribution in [-0.2, 0) is 16.0 Å². The Morgan fingerprint density at radius 1 is 1.50 bits per heavy atom. The highest BCUT2D eigenvalue weighted by Gasteiger charge is 2.29. The average Bonchev–Trinajstić information content (AvgIpc) is 2.41. The molecule has 1 fully saturated rings. The molecule has 2 rings (SSSR count). The van der Waals surface area contributed by atoms with Crippen LogP contribution in [0.4, 0.5) is 0 Å². The molecular weight excluding hydrogens is 276 g/mol. The molecule has 4 nitrogen and oxygen atoms in total. The number of piperidine rings is 1. The van der Waals surface area contributed by atoms with Crippen LogP contribution in [0.1, 0.15) is 25.3 Å². The Morgan fingerprint density at radius 2 is 2.30 bits per heavy atom. The fourth-order valence-electron chi connectivity index (χ4n) is 2.36. The summed E-state index contributed by atoms with van der Waals surface area (Å²) in [5.74, 6) is -0.00222. The van der Waals surface area contributed by atoms with Gasteiger partial charge in [0.2, 0.25) is 11.8 Å². The van der Waals surface area contributed by atoms with E-state index in [4.69, 9.17) is 11.6 Å². The molecule has 0 unspecified atom stereocenters. The van der Waals surface area contributed by atoms with Crippen LogP contribution in [0.3, 0.4) is 0 Å². The van der Waals surface area contributed by atoms with Gasteiger partial charge < -0.3 is 10.6 Å². The Hall–Kier alpha value is -1.55. The molecule has 1 aliphatic rings. The fraction of sp³-hybridized carbons (Fsp3) is 0.467. The molecule has 0 aliphatic carbocycles. The van der Waals surface area contributed by atoms with Crippen LogP contribution in [-0.4, -0.2) is 24.4 Å². The molecule has 0 bridgehead atoms. The second-order valence-electron chi connectivity index (χ2n) is 5.23. The first kappa shape index (κ1) is 14.9. The van der Waals surface area contributed by atoms with Crippen molar-refractivity contribution in [2.24, 2.45) is 5.92 Å². The molecule has 1 aliphatic heterocycles. The van der Waals surface area contributed by atoms with Gasteiger partial charge in [-0.1, -0.05) is 30.7 Å². The molecule has 2 amide bonds. The first-order valence-corrected chi connectivity index (χ1v) is 7.25. The number of rotatable bonds is 4. The molecule has 0 spiro atoms. The van der Waals surface area contributed by atoms with Crippen molar-refractivity contribution in [1.82, 2.24) is 10.6 Å². The van der Waals surface area contributed by atoms with Crippen LogP contribution in [0.25, 0.3) is 0 Å². The van der Waals surface area contributed by atoms with Crippen LogP contribution >= 0.6 is 11.6 Å². The molecule has 108 valence electrons. The third-order valence-corrected chi connectivity index (χ3v) is 3.83. The summed E-state index contributed by atoms with van der Waals surface area (Å²) in [5.41, 5.74) is 1.02. The van der Waals surface area contributed by atoms with E-state index in [0.717, 1.165) is 12.0 Å². The van der Waals surface area contributed by atoms with Crippen LogP contribution in [0.15, 0.2) is 24.3 Å². The number of aryl methyl sites for hydroxylation is 1. The van der Waals surface area contributed by atoms with E-state index >= 15 is 0 Å². The van der Waals surface area contributed by atoms with Crippen LogP contribution in [0.2, 0.25) is 5.02 Å². The minimum atomic E-state index is -0.407. The van der Waals surface area contributed by atoms with Gasteiger partial charge in [0.1, 0.15) is 6.04 Å². The summed E-state index contributed by atoms with van der Waals surface area (Å²) in [6.45, 7) is 2.68. The molecule has 2 atom stereocenters.